The molecule has 0 N–H and O–H groups in total. The monoisotopic (exact) mass is 1010 g/mol. The van der Waals surface area contributed by atoms with Crippen molar-refractivity contribution in [1.29, 1.82) is 0 Å². The number of allylic oxidation sites excluding steroid dienone is 4. The largest absolute Gasteiger partial charge is 1.00 e. The fourth-order valence-electron chi connectivity index (χ4n) is 7.98. The van der Waals surface area contributed by atoms with E-state index in [2.05, 4.69) is 172 Å². The quantitative estimate of drug-likeness (QED) is 0.254. The van der Waals surface area contributed by atoms with Crippen LogP contribution in [0, 0.1) is 0 Å². The zero-order valence-corrected chi connectivity index (χ0v) is 38.1. The van der Waals surface area contributed by atoms with E-state index in [-0.39, 0.29) is 24.8 Å². The number of halogens is 2. The third kappa shape index (κ3) is 7.00. The molecule has 4 atom stereocenters. The summed E-state index contributed by atoms with van der Waals surface area (Å²) in [5, 5.41) is 0. The van der Waals surface area contributed by atoms with E-state index in [4.69, 9.17) is 0 Å². The van der Waals surface area contributed by atoms with Gasteiger partial charge >= 0.3 is 284 Å². The SMILES string of the molecule is C[SiH](C)[Hf+]([CH]1C=Cc2ccccc21)[CH]1C=Cc2ccccc21.C[SiH](C)[Hf+]([CH]1C=Cc2ccccc21)[CH]1C=Cc2ccccc21.[Cl-].[Cl-]. The second-order valence-corrected chi connectivity index (χ2v) is 69.7. The van der Waals surface area contributed by atoms with Gasteiger partial charge in [0.05, 0.1) is 0 Å². The van der Waals surface area contributed by atoms with Crippen LogP contribution >= 0.6 is 0 Å². The molecule has 6 heteroatoms. The van der Waals surface area contributed by atoms with Crippen molar-refractivity contribution in [3.8, 4) is 0 Å². The maximum absolute atomic E-state index is 2.60. The van der Waals surface area contributed by atoms with Crippen molar-refractivity contribution in [3.05, 3.63) is 166 Å². The molecule has 4 aliphatic rings. The van der Waals surface area contributed by atoms with Gasteiger partial charge in [0.2, 0.25) is 0 Å². The van der Waals surface area contributed by atoms with Gasteiger partial charge in [-0.15, -0.1) is 0 Å². The Kier molecular flexibility index (Phi) is 12.4. The minimum Gasteiger partial charge on any atom is -1.00 e. The molecule has 0 fully saturated rings. The summed E-state index contributed by atoms with van der Waals surface area (Å²) in [5.74, 6) is -1.20. The number of hydrogen-bond donors (Lipinski definition) is 0. The van der Waals surface area contributed by atoms with Crippen molar-refractivity contribution in [3.63, 3.8) is 0 Å². The Bertz CT molecular complexity index is 1540. The summed E-state index contributed by atoms with van der Waals surface area (Å²) in [6, 6.07) is 36.3. The second kappa shape index (κ2) is 15.9. The number of fused-ring (bicyclic) bond motifs is 4. The van der Waals surface area contributed by atoms with Gasteiger partial charge in [0.25, 0.3) is 0 Å². The van der Waals surface area contributed by atoms with E-state index in [0.717, 1.165) is 14.7 Å². The Morgan fingerprint density at radius 3 is 0.804 bits per heavy atom. The molecule has 46 heavy (non-hydrogen) atoms. The van der Waals surface area contributed by atoms with Crippen LogP contribution in [0.15, 0.2) is 121 Å². The first-order valence-corrected chi connectivity index (χ1v) is 42.8. The van der Waals surface area contributed by atoms with Gasteiger partial charge < -0.3 is 24.8 Å². The molecule has 0 saturated heterocycles. The van der Waals surface area contributed by atoms with Gasteiger partial charge in [-0.2, -0.15) is 0 Å². The fraction of sp³-hybridized carbons (Fsp3) is 0.200. The van der Waals surface area contributed by atoms with Crippen LogP contribution < -0.4 is 24.8 Å². The molecule has 8 rings (SSSR count). The molecule has 0 spiro atoms. The zero-order valence-electron chi connectivity index (χ0n) is 27.1. The van der Waals surface area contributed by atoms with Gasteiger partial charge in [0, 0.05) is 0 Å². The molecular weight excluding hydrogens is 964 g/mol. The van der Waals surface area contributed by atoms with Crippen LogP contribution in [0.2, 0.25) is 26.2 Å². The van der Waals surface area contributed by atoms with E-state index in [1.807, 2.05) is 0 Å². The molecule has 0 aliphatic heterocycles. The molecule has 4 aliphatic carbocycles. The number of benzene rings is 4. The van der Waals surface area contributed by atoms with Gasteiger partial charge in [-0.25, -0.2) is 0 Å². The van der Waals surface area contributed by atoms with Crippen LogP contribution in [-0.2, 0) is 41.2 Å². The summed E-state index contributed by atoms with van der Waals surface area (Å²) in [6.45, 7) is 10.4. The molecule has 232 valence electrons. The average molecular weight is 1010 g/mol. The number of hydrogen-bond acceptors (Lipinski definition) is 0. The summed E-state index contributed by atoms with van der Waals surface area (Å²) >= 11 is -3.62. The van der Waals surface area contributed by atoms with Crippen molar-refractivity contribution in [2.45, 2.75) is 40.9 Å². The van der Waals surface area contributed by atoms with Crippen LogP contribution in [0.25, 0.3) is 24.3 Å². The first-order chi connectivity index (χ1) is 21.5. The van der Waals surface area contributed by atoms with Crippen LogP contribution in [0.3, 0.4) is 0 Å². The molecule has 4 aromatic rings. The van der Waals surface area contributed by atoms with Crippen molar-refractivity contribution >= 4 is 36.3 Å². The maximum Gasteiger partial charge on any atom is -1.00 e. The minimum absolute atomic E-state index is 0. The Balaban J connectivity index is 0.000000174. The fourth-order valence-corrected chi connectivity index (χ4v) is 67.6. The van der Waals surface area contributed by atoms with Crippen molar-refractivity contribution in [2.24, 2.45) is 0 Å². The average Bonchev–Trinajstić information content (AvgIpc) is 3.84. The standard InChI is InChI=1S/4C9H7.2C2H7Si.2ClH.2Hf/c4*1-2-5-9-7-3-6-8(9)4-1;2*1-3-2;;;;/h4*1-7H;2*3H,1-2H3;2*1H;;/q;;;;;;;;2*+1/p-2. The third-order valence-corrected chi connectivity index (χ3v) is 70.7. The van der Waals surface area contributed by atoms with E-state index in [1.165, 1.54) is 22.3 Å². The predicted molar refractivity (Wildman–Crippen MR) is 191 cm³/mol. The molecule has 0 amide bonds. The van der Waals surface area contributed by atoms with E-state index >= 15 is 0 Å². The second-order valence-electron chi connectivity index (χ2n) is 13.2. The Morgan fingerprint density at radius 1 is 0.370 bits per heavy atom. The van der Waals surface area contributed by atoms with Gasteiger partial charge in [0.1, 0.15) is 0 Å². The van der Waals surface area contributed by atoms with E-state index in [0.29, 0.717) is 0 Å². The van der Waals surface area contributed by atoms with E-state index < -0.39 is 53.2 Å². The molecule has 4 aromatic carbocycles. The summed E-state index contributed by atoms with van der Waals surface area (Å²) in [6.07, 6.45) is 19.7. The smallest absolute Gasteiger partial charge is 1.00 e. The molecule has 0 nitrogen and oxygen atoms in total. The third-order valence-electron chi connectivity index (χ3n) is 9.97. The van der Waals surface area contributed by atoms with Crippen LogP contribution in [0.4, 0.5) is 0 Å². The maximum atomic E-state index is 2.60. The summed E-state index contributed by atoms with van der Waals surface area (Å²) in [7, 11) is 0. The molecule has 0 aromatic heterocycles. The van der Waals surface area contributed by atoms with Gasteiger partial charge in [-0.05, 0) is 0 Å². The van der Waals surface area contributed by atoms with Crippen molar-refractivity contribution < 1.29 is 66.0 Å². The van der Waals surface area contributed by atoms with Crippen molar-refractivity contribution in [2.75, 3.05) is 0 Å². The summed E-state index contributed by atoms with van der Waals surface area (Å²) in [4.78, 5) is 0. The van der Waals surface area contributed by atoms with Crippen LogP contribution in [0.5, 0.6) is 0 Å². The Labute approximate surface area is 305 Å². The van der Waals surface area contributed by atoms with E-state index in [1.54, 1.807) is 22.3 Å². The Hall–Kier alpha value is -1.41. The van der Waals surface area contributed by atoms with Gasteiger partial charge in [-0.3, -0.25) is 0 Å². The van der Waals surface area contributed by atoms with Gasteiger partial charge in [0.15, 0.2) is 0 Å². The summed E-state index contributed by atoms with van der Waals surface area (Å²) in [5.41, 5.74) is 12.4. The topological polar surface area (TPSA) is 0 Å². The van der Waals surface area contributed by atoms with Crippen LogP contribution in [-0.4, -0.2) is 12.0 Å². The van der Waals surface area contributed by atoms with Crippen LogP contribution in [0.1, 0.15) is 59.2 Å². The molecule has 0 radical (unpaired) electrons. The van der Waals surface area contributed by atoms with Gasteiger partial charge in [-0.1, -0.05) is 0 Å². The molecule has 0 saturated carbocycles. The first-order valence-electron chi connectivity index (χ1n) is 16.3. The minimum atomic E-state index is -1.81. The normalized spacial score (nSPS) is 20.3. The molecule has 0 heterocycles. The predicted octanol–water partition coefficient (Wildman–Crippen LogP) is 4.26. The number of rotatable bonds is 6. The van der Waals surface area contributed by atoms with Crippen molar-refractivity contribution in [1.82, 2.24) is 0 Å². The molecule has 4 unspecified atom stereocenters. The molecular formula is C40H42Cl2Hf2Si2. The summed E-state index contributed by atoms with van der Waals surface area (Å²) < 4.78 is 3.20. The van der Waals surface area contributed by atoms with E-state index in [9.17, 15) is 0 Å². The Morgan fingerprint density at radius 2 is 0.587 bits per heavy atom. The molecule has 0 bridgehead atoms. The first kappa shape index (κ1) is 35.9. The zero-order chi connectivity index (χ0) is 30.2.